The van der Waals surface area contributed by atoms with Crippen LogP contribution in [-0.2, 0) is 11.3 Å². The van der Waals surface area contributed by atoms with Gasteiger partial charge in [-0.2, -0.15) is 0 Å². The van der Waals surface area contributed by atoms with E-state index in [0.29, 0.717) is 19.4 Å². The number of carbonyl (C=O) groups is 1. The van der Waals surface area contributed by atoms with Crippen LogP contribution in [0.1, 0.15) is 32.6 Å². The minimum absolute atomic E-state index is 0. The van der Waals surface area contributed by atoms with Crippen molar-refractivity contribution in [2.24, 2.45) is 5.73 Å². The number of imidazole rings is 1. The van der Waals surface area contributed by atoms with Gasteiger partial charge >= 0.3 is 0 Å². The Labute approximate surface area is 155 Å². The summed E-state index contributed by atoms with van der Waals surface area (Å²) in [7, 11) is 0. The molecule has 0 saturated heterocycles. The predicted molar refractivity (Wildman–Crippen MR) is 104 cm³/mol. The van der Waals surface area contributed by atoms with Crippen LogP contribution >= 0.6 is 24.8 Å². The minimum Gasteiger partial charge on any atom is -0.331 e. The monoisotopic (exact) mass is 372 g/mol. The highest BCUT2D eigenvalue weighted by molar-refractivity contribution is 5.91. The maximum Gasteiger partial charge on any atom is 0.224 e. The Hall–Kier alpha value is -1.56. The van der Waals surface area contributed by atoms with Gasteiger partial charge in [0.1, 0.15) is 5.82 Å². The number of nitrogens with one attached hydrogen (secondary N) is 1. The Morgan fingerprint density at radius 3 is 2.79 bits per heavy atom. The third kappa shape index (κ3) is 6.51. The summed E-state index contributed by atoms with van der Waals surface area (Å²) in [5, 5.41) is 2.91. The molecule has 1 aromatic heterocycles. The molecule has 1 heterocycles. The van der Waals surface area contributed by atoms with Crippen LogP contribution in [0.25, 0.3) is 11.4 Å². The molecule has 2 rings (SSSR count). The molecule has 0 spiro atoms. The summed E-state index contributed by atoms with van der Waals surface area (Å²) in [4.78, 5) is 16.2. The standard InChI is InChI=1S/C17H24N4O.2ClH/c1-2-3-11-21-12-10-19-17(21)14-6-4-7-15(13-14)20-16(22)8-5-9-18;;/h4,6-7,10,12-13H,2-3,5,8-9,11,18H2,1H3,(H,20,22);2*1H. The van der Waals surface area contributed by atoms with Gasteiger partial charge in [0.25, 0.3) is 0 Å². The summed E-state index contributed by atoms with van der Waals surface area (Å²) in [5.74, 6) is 0.934. The minimum atomic E-state index is -0.00285. The van der Waals surface area contributed by atoms with Crippen LogP contribution in [0.5, 0.6) is 0 Å². The molecule has 1 aromatic carbocycles. The molecule has 0 bridgehead atoms. The summed E-state index contributed by atoms with van der Waals surface area (Å²) >= 11 is 0. The zero-order valence-electron chi connectivity index (χ0n) is 13.9. The van der Waals surface area contributed by atoms with Gasteiger partial charge in [-0.25, -0.2) is 4.98 Å². The van der Waals surface area contributed by atoms with Crippen LogP contribution in [0.15, 0.2) is 36.7 Å². The van der Waals surface area contributed by atoms with E-state index < -0.39 is 0 Å². The molecule has 0 fully saturated rings. The van der Waals surface area contributed by atoms with Gasteiger partial charge in [-0.05, 0) is 31.5 Å². The third-order valence-corrected chi connectivity index (χ3v) is 3.48. The van der Waals surface area contributed by atoms with Gasteiger partial charge in [0.2, 0.25) is 5.91 Å². The van der Waals surface area contributed by atoms with Crippen LogP contribution in [0.3, 0.4) is 0 Å². The Kier molecular flexibility index (Phi) is 11.1. The van der Waals surface area contributed by atoms with Crippen LogP contribution in [0.2, 0.25) is 0 Å². The smallest absolute Gasteiger partial charge is 0.224 e. The van der Waals surface area contributed by atoms with Crippen molar-refractivity contribution in [2.45, 2.75) is 39.2 Å². The fourth-order valence-electron chi connectivity index (χ4n) is 2.30. The van der Waals surface area contributed by atoms with E-state index in [0.717, 1.165) is 36.5 Å². The van der Waals surface area contributed by atoms with E-state index in [1.165, 1.54) is 0 Å². The van der Waals surface area contributed by atoms with Crippen LogP contribution < -0.4 is 11.1 Å². The molecule has 24 heavy (non-hydrogen) atoms. The average Bonchev–Trinajstić information content (AvgIpc) is 2.99. The molecule has 0 atom stereocenters. The first-order valence-electron chi connectivity index (χ1n) is 7.86. The van der Waals surface area contributed by atoms with Gasteiger partial charge in [-0.1, -0.05) is 25.5 Å². The molecule has 0 aliphatic heterocycles. The maximum atomic E-state index is 11.8. The first-order chi connectivity index (χ1) is 10.7. The normalized spacial score (nSPS) is 9.75. The van der Waals surface area contributed by atoms with Crippen molar-refractivity contribution in [3.05, 3.63) is 36.7 Å². The number of carbonyl (C=O) groups excluding carboxylic acids is 1. The molecule has 3 N–H and O–H groups in total. The third-order valence-electron chi connectivity index (χ3n) is 3.48. The fourth-order valence-corrected chi connectivity index (χ4v) is 2.30. The van der Waals surface area contributed by atoms with Crippen molar-refractivity contribution >= 4 is 36.4 Å². The molecule has 0 unspecified atom stereocenters. The second-order valence-corrected chi connectivity index (χ2v) is 5.32. The summed E-state index contributed by atoms with van der Waals surface area (Å²) < 4.78 is 2.15. The summed E-state index contributed by atoms with van der Waals surface area (Å²) in [6.07, 6.45) is 7.24. The van der Waals surface area contributed by atoms with Crippen molar-refractivity contribution in [3.63, 3.8) is 0 Å². The summed E-state index contributed by atoms with van der Waals surface area (Å²) in [5.41, 5.74) is 7.23. The molecule has 134 valence electrons. The Morgan fingerprint density at radius 2 is 2.08 bits per heavy atom. The van der Waals surface area contributed by atoms with Gasteiger partial charge in [0, 0.05) is 36.6 Å². The number of hydrogen-bond donors (Lipinski definition) is 2. The van der Waals surface area contributed by atoms with Crippen molar-refractivity contribution in [1.82, 2.24) is 9.55 Å². The number of aryl methyl sites for hydroxylation is 1. The maximum absolute atomic E-state index is 11.8. The highest BCUT2D eigenvalue weighted by Gasteiger charge is 2.08. The number of aromatic nitrogens is 2. The van der Waals surface area contributed by atoms with E-state index in [2.05, 4.69) is 21.8 Å². The number of nitrogens with zero attached hydrogens (tertiary/aromatic N) is 2. The number of halogens is 2. The molecule has 0 saturated carbocycles. The van der Waals surface area contributed by atoms with Crippen LogP contribution in [0.4, 0.5) is 5.69 Å². The highest BCUT2D eigenvalue weighted by Crippen LogP contribution is 2.22. The number of nitrogens with two attached hydrogens (primary N) is 1. The second-order valence-electron chi connectivity index (χ2n) is 5.32. The zero-order valence-corrected chi connectivity index (χ0v) is 15.5. The molecule has 5 nitrogen and oxygen atoms in total. The van der Waals surface area contributed by atoms with E-state index >= 15 is 0 Å². The van der Waals surface area contributed by atoms with Crippen molar-refractivity contribution in [3.8, 4) is 11.4 Å². The zero-order chi connectivity index (χ0) is 15.8. The Bertz CT molecular complexity index is 616. The molecule has 0 aliphatic carbocycles. The van der Waals surface area contributed by atoms with E-state index in [4.69, 9.17) is 5.73 Å². The Morgan fingerprint density at radius 1 is 1.29 bits per heavy atom. The lowest BCUT2D eigenvalue weighted by molar-refractivity contribution is -0.116. The molecular weight excluding hydrogens is 347 g/mol. The lowest BCUT2D eigenvalue weighted by atomic mass is 10.1. The number of hydrogen-bond acceptors (Lipinski definition) is 3. The van der Waals surface area contributed by atoms with Crippen LogP contribution in [-0.4, -0.2) is 22.0 Å². The molecule has 0 radical (unpaired) electrons. The van der Waals surface area contributed by atoms with Crippen molar-refractivity contribution < 1.29 is 4.79 Å². The van der Waals surface area contributed by atoms with Crippen molar-refractivity contribution in [2.75, 3.05) is 11.9 Å². The predicted octanol–water partition coefficient (Wildman–Crippen LogP) is 3.87. The molecular formula is C17H26Cl2N4O. The fraction of sp³-hybridized carbons (Fsp3) is 0.412. The summed E-state index contributed by atoms with van der Waals surface area (Å²) in [6.45, 7) is 3.66. The van der Waals surface area contributed by atoms with Gasteiger partial charge in [0.05, 0.1) is 0 Å². The van der Waals surface area contributed by atoms with E-state index in [1.54, 1.807) is 0 Å². The summed E-state index contributed by atoms with van der Waals surface area (Å²) in [6, 6.07) is 7.81. The van der Waals surface area contributed by atoms with E-state index in [1.807, 2.05) is 36.7 Å². The number of unbranched alkanes of at least 4 members (excludes halogenated alkanes) is 1. The van der Waals surface area contributed by atoms with Gasteiger partial charge in [0.15, 0.2) is 0 Å². The first kappa shape index (κ1) is 22.4. The molecule has 7 heteroatoms. The topological polar surface area (TPSA) is 72.9 Å². The lowest BCUT2D eigenvalue weighted by Gasteiger charge is -2.09. The average molecular weight is 373 g/mol. The largest absolute Gasteiger partial charge is 0.331 e. The SMILES string of the molecule is CCCCn1ccnc1-c1cccc(NC(=O)CCCN)c1.Cl.Cl. The van der Waals surface area contributed by atoms with Gasteiger partial charge in [-0.15, -0.1) is 24.8 Å². The first-order valence-corrected chi connectivity index (χ1v) is 7.86. The quantitative estimate of drug-likeness (QED) is 0.738. The van der Waals surface area contributed by atoms with Crippen LogP contribution in [0, 0.1) is 0 Å². The van der Waals surface area contributed by atoms with E-state index in [-0.39, 0.29) is 30.7 Å². The Balaban J connectivity index is 0.00000264. The number of benzene rings is 1. The lowest BCUT2D eigenvalue weighted by Crippen LogP contribution is -2.13. The molecule has 2 aromatic rings. The number of anilines is 1. The van der Waals surface area contributed by atoms with Gasteiger partial charge in [-0.3, -0.25) is 4.79 Å². The molecule has 1 amide bonds. The molecule has 0 aliphatic rings. The number of amides is 1. The highest BCUT2D eigenvalue weighted by atomic mass is 35.5. The van der Waals surface area contributed by atoms with Crippen molar-refractivity contribution in [1.29, 1.82) is 0 Å². The van der Waals surface area contributed by atoms with E-state index in [9.17, 15) is 4.79 Å². The number of rotatable bonds is 8. The second kappa shape index (κ2) is 11.9. The van der Waals surface area contributed by atoms with Gasteiger partial charge < -0.3 is 15.6 Å².